The third-order valence-electron chi connectivity index (χ3n) is 3.80. The highest BCUT2D eigenvalue weighted by Crippen LogP contribution is 2.27. The van der Waals surface area contributed by atoms with Crippen molar-refractivity contribution < 1.29 is 0 Å². The molecule has 0 saturated heterocycles. The van der Waals surface area contributed by atoms with Crippen LogP contribution in [0.1, 0.15) is 27.7 Å². The molecule has 29 heavy (non-hydrogen) atoms. The van der Waals surface area contributed by atoms with Crippen LogP contribution in [0.25, 0.3) is 33.9 Å². The summed E-state index contributed by atoms with van der Waals surface area (Å²) in [5, 5.41) is 0. The second kappa shape index (κ2) is 11.8. The molecule has 1 heterocycles. The molecule has 1 aromatic heterocycles. The lowest BCUT2D eigenvalue weighted by atomic mass is 10.1. The number of hydrogen-bond acceptors (Lipinski definition) is 2. The van der Waals surface area contributed by atoms with E-state index < -0.39 is 0 Å². The average molecular weight is 445 g/mol. The molecule has 2 nitrogen and oxygen atoms in total. The lowest BCUT2D eigenvalue weighted by Gasteiger charge is -2.08. The molecule has 0 atom stereocenters. The zero-order valence-electron chi connectivity index (χ0n) is 17.3. The van der Waals surface area contributed by atoms with Crippen molar-refractivity contribution in [1.29, 1.82) is 0 Å². The summed E-state index contributed by atoms with van der Waals surface area (Å²) < 4.78 is 1.000. The first-order chi connectivity index (χ1) is 14.3. The van der Waals surface area contributed by atoms with Crippen molar-refractivity contribution in [3.8, 4) is 33.9 Å². The van der Waals surface area contributed by atoms with Crippen LogP contribution in [-0.2, 0) is 0 Å². The van der Waals surface area contributed by atoms with Crippen molar-refractivity contribution in [3.05, 3.63) is 95.5 Å². The molecule has 3 heteroatoms. The van der Waals surface area contributed by atoms with Crippen molar-refractivity contribution in [2.24, 2.45) is 0 Å². The second-order valence-corrected chi connectivity index (χ2v) is 6.46. The van der Waals surface area contributed by atoms with Gasteiger partial charge >= 0.3 is 0 Å². The minimum absolute atomic E-state index is 0.690. The highest BCUT2D eigenvalue weighted by molar-refractivity contribution is 9.10. The molecular weight excluding hydrogens is 420 g/mol. The fourth-order valence-corrected chi connectivity index (χ4v) is 3.00. The second-order valence-electron chi connectivity index (χ2n) is 5.55. The lowest BCUT2D eigenvalue weighted by Crippen LogP contribution is -1.95. The molecule has 0 aliphatic carbocycles. The first-order valence-electron chi connectivity index (χ1n) is 9.89. The van der Waals surface area contributed by atoms with Crippen LogP contribution in [-0.4, -0.2) is 9.97 Å². The van der Waals surface area contributed by atoms with Crippen LogP contribution in [0.15, 0.2) is 83.3 Å². The van der Waals surface area contributed by atoms with Crippen LogP contribution in [0, 0.1) is 12.1 Å². The Hall–Kier alpha value is -2.96. The molecule has 0 saturated carbocycles. The minimum atomic E-state index is 0.690. The molecule has 0 N–H and O–H groups in total. The van der Waals surface area contributed by atoms with Gasteiger partial charge in [0.15, 0.2) is 5.82 Å². The zero-order chi connectivity index (χ0) is 21.1. The smallest absolute Gasteiger partial charge is 0.160 e. The monoisotopic (exact) mass is 444 g/mol. The lowest BCUT2D eigenvalue weighted by molar-refractivity contribution is 1.18. The quantitative estimate of drug-likeness (QED) is 0.320. The number of halogens is 1. The van der Waals surface area contributed by atoms with Gasteiger partial charge in [0.1, 0.15) is 0 Å². The van der Waals surface area contributed by atoms with Crippen LogP contribution >= 0.6 is 15.9 Å². The highest BCUT2D eigenvalue weighted by Gasteiger charge is 2.10. The average Bonchev–Trinajstić information content (AvgIpc) is 2.82. The molecule has 3 aromatic carbocycles. The summed E-state index contributed by atoms with van der Waals surface area (Å²) >= 11 is 3.52. The third kappa shape index (κ3) is 6.01. The Bertz CT molecular complexity index is 942. The van der Waals surface area contributed by atoms with E-state index >= 15 is 0 Å². The Morgan fingerprint density at radius 3 is 2.03 bits per heavy atom. The van der Waals surface area contributed by atoms with Gasteiger partial charge in [-0.15, -0.1) is 0 Å². The summed E-state index contributed by atoms with van der Waals surface area (Å²) in [4.78, 5) is 9.54. The van der Waals surface area contributed by atoms with Crippen molar-refractivity contribution in [2.45, 2.75) is 27.7 Å². The first-order valence-corrected chi connectivity index (χ1v) is 10.7. The maximum Gasteiger partial charge on any atom is 0.160 e. The van der Waals surface area contributed by atoms with E-state index in [0.29, 0.717) is 5.82 Å². The normalized spacial score (nSPS) is 9.28. The van der Waals surface area contributed by atoms with Gasteiger partial charge < -0.3 is 0 Å². The molecule has 4 aromatic rings. The predicted molar refractivity (Wildman–Crippen MR) is 126 cm³/mol. The van der Waals surface area contributed by atoms with Crippen molar-refractivity contribution in [2.75, 3.05) is 0 Å². The summed E-state index contributed by atoms with van der Waals surface area (Å²) in [6.07, 6.45) is 0. The number of aromatic nitrogens is 2. The van der Waals surface area contributed by atoms with Crippen LogP contribution < -0.4 is 0 Å². The Morgan fingerprint density at radius 1 is 0.690 bits per heavy atom. The van der Waals surface area contributed by atoms with Crippen LogP contribution in [0.3, 0.4) is 0 Å². The molecule has 146 valence electrons. The Morgan fingerprint density at radius 2 is 1.38 bits per heavy atom. The van der Waals surface area contributed by atoms with Gasteiger partial charge in [0.25, 0.3) is 0 Å². The predicted octanol–water partition coefficient (Wildman–Crippen LogP) is 7.89. The molecule has 0 unspecified atom stereocenters. The van der Waals surface area contributed by atoms with Gasteiger partial charge in [-0.1, -0.05) is 104 Å². The Labute approximate surface area is 182 Å². The van der Waals surface area contributed by atoms with Gasteiger partial charge in [-0.05, 0) is 30.3 Å². The minimum Gasteiger partial charge on any atom is -0.228 e. The SMILES string of the molecule is Brc1cccc(-c2nc(-c3c#cccc3)cc(-c3ccccc3)n2)c1.CC.CC. The Kier molecular flexibility index (Phi) is 9.08. The summed E-state index contributed by atoms with van der Waals surface area (Å²) in [7, 11) is 0. The van der Waals surface area contributed by atoms with Crippen molar-refractivity contribution in [3.63, 3.8) is 0 Å². The molecule has 0 bridgehead atoms. The summed E-state index contributed by atoms with van der Waals surface area (Å²) in [5.74, 6) is 0.690. The zero-order valence-corrected chi connectivity index (χ0v) is 18.9. The van der Waals surface area contributed by atoms with Crippen LogP contribution in [0.5, 0.6) is 0 Å². The number of rotatable bonds is 3. The molecule has 0 amide bonds. The maximum absolute atomic E-state index is 4.78. The largest absolute Gasteiger partial charge is 0.228 e. The topological polar surface area (TPSA) is 25.8 Å². The van der Waals surface area contributed by atoms with Gasteiger partial charge in [0.2, 0.25) is 0 Å². The Balaban J connectivity index is 0.000000707. The summed E-state index contributed by atoms with van der Waals surface area (Å²) in [5.41, 5.74) is 4.65. The molecule has 0 fully saturated rings. The number of hydrogen-bond donors (Lipinski definition) is 0. The van der Waals surface area contributed by atoms with Crippen LogP contribution in [0.2, 0.25) is 0 Å². The third-order valence-corrected chi connectivity index (χ3v) is 4.30. The summed E-state index contributed by atoms with van der Waals surface area (Å²) in [6.45, 7) is 8.00. The summed E-state index contributed by atoms with van der Waals surface area (Å²) in [6, 6.07) is 32.0. The molecule has 0 spiro atoms. The number of nitrogens with zero attached hydrogens (tertiary/aromatic N) is 2. The van der Waals surface area contributed by atoms with E-state index in [-0.39, 0.29) is 0 Å². The molecule has 0 radical (unpaired) electrons. The first kappa shape index (κ1) is 22.3. The molecule has 4 rings (SSSR count). The van der Waals surface area contributed by atoms with Gasteiger partial charge in [-0.3, -0.25) is 0 Å². The van der Waals surface area contributed by atoms with Gasteiger partial charge in [0, 0.05) is 15.6 Å². The van der Waals surface area contributed by atoms with E-state index in [0.717, 1.165) is 32.6 Å². The van der Waals surface area contributed by atoms with E-state index in [9.17, 15) is 0 Å². The standard InChI is InChI=1S/C22H13BrN2.2C2H6/c23-19-13-7-12-18(14-19)22-24-20(16-8-3-1-4-9-16)15-21(25-22)17-10-5-2-6-11-17;2*1-2/h1-5,7-10,12-15H;2*1-2H3. The van der Waals surface area contributed by atoms with E-state index in [1.165, 1.54) is 0 Å². The molecular formula is C26H25BrN2. The van der Waals surface area contributed by atoms with E-state index in [1.54, 1.807) is 0 Å². The van der Waals surface area contributed by atoms with E-state index in [2.05, 4.69) is 40.2 Å². The van der Waals surface area contributed by atoms with Gasteiger partial charge in [-0.2, -0.15) is 0 Å². The molecule has 0 aliphatic heterocycles. The highest BCUT2D eigenvalue weighted by atomic mass is 79.9. The maximum atomic E-state index is 4.78. The fourth-order valence-electron chi connectivity index (χ4n) is 2.60. The van der Waals surface area contributed by atoms with Crippen LogP contribution in [0.4, 0.5) is 0 Å². The van der Waals surface area contributed by atoms with Gasteiger partial charge in [-0.25, -0.2) is 9.97 Å². The van der Waals surface area contributed by atoms with E-state index in [1.807, 2.05) is 94.4 Å². The van der Waals surface area contributed by atoms with Crippen molar-refractivity contribution >= 4 is 15.9 Å². The number of benzene rings is 2. The van der Waals surface area contributed by atoms with E-state index in [4.69, 9.17) is 9.97 Å². The molecule has 0 aliphatic rings. The fraction of sp³-hybridized carbons (Fsp3) is 0.154. The van der Waals surface area contributed by atoms with Crippen molar-refractivity contribution in [1.82, 2.24) is 9.97 Å². The van der Waals surface area contributed by atoms with Gasteiger partial charge in [0.05, 0.1) is 17.0 Å².